The molecule has 0 fully saturated rings. The van der Waals surface area contributed by atoms with Gasteiger partial charge in [-0.3, -0.25) is 0 Å². The summed E-state index contributed by atoms with van der Waals surface area (Å²) in [6.45, 7) is 0.903. The van der Waals surface area contributed by atoms with Crippen LogP contribution in [0.3, 0.4) is 0 Å². The van der Waals surface area contributed by atoms with E-state index in [1.165, 1.54) is 6.07 Å². The van der Waals surface area contributed by atoms with Gasteiger partial charge in [-0.15, -0.1) is 0 Å². The van der Waals surface area contributed by atoms with Crippen LogP contribution in [0.2, 0.25) is 0 Å². The van der Waals surface area contributed by atoms with Gasteiger partial charge in [0.25, 0.3) is 0 Å². The first-order valence-corrected chi connectivity index (χ1v) is 7.44. The van der Waals surface area contributed by atoms with Crippen molar-refractivity contribution >= 4 is 0 Å². The molecule has 0 bridgehead atoms. The molecule has 3 aromatic rings. The third kappa shape index (κ3) is 3.83. The summed E-state index contributed by atoms with van der Waals surface area (Å²) in [4.78, 5) is 4.02. The smallest absolute Gasteiger partial charge is 0.129 e. The zero-order chi connectivity index (χ0) is 16.1. The highest BCUT2D eigenvalue weighted by atomic mass is 19.1. The van der Waals surface area contributed by atoms with Gasteiger partial charge in [0.2, 0.25) is 0 Å². The molecule has 0 saturated carbocycles. The van der Waals surface area contributed by atoms with E-state index in [9.17, 15) is 9.50 Å². The number of halogens is 1. The molecule has 0 aliphatic heterocycles. The summed E-state index contributed by atoms with van der Waals surface area (Å²) < 4.78 is 15.5. The molecule has 1 unspecified atom stereocenters. The third-order valence-electron chi connectivity index (χ3n) is 3.67. The standard InChI is InChI=1S/C18H18FN3O/c19-17-4-2-1-3-16(17)18(23)12-21-11-14-5-7-15(8-6-14)22-10-9-20-13-22/h1-10,13,18,21,23H,11-12H2. The van der Waals surface area contributed by atoms with E-state index < -0.39 is 6.10 Å². The average Bonchev–Trinajstić information content (AvgIpc) is 3.10. The maximum atomic E-state index is 13.6. The average molecular weight is 311 g/mol. The largest absolute Gasteiger partial charge is 0.387 e. The highest BCUT2D eigenvalue weighted by Gasteiger charge is 2.11. The van der Waals surface area contributed by atoms with Gasteiger partial charge in [0.15, 0.2) is 0 Å². The summed E-state index contributed by atoms with van der Waals surface area (Å²) in [6, 6.07) is 14.3. The topological polar surface area (TPSA) is 50.1 Å². The summed E-state index contributed by atoms with van der Waals surface area (Å²) in [6.07, 6.45) is 4.51. The van der Waals surface area contributed by atoms with Crippen LogP contribution >= 0.6 is 0 Å². The second kappa shape index (κ2) is 7.17. The van der Waals surface area contributed by atoms with Gasteiger partial charge in [-0.2, -0.15) is 0 Å². The van der Waals surface area contributed by atoms with Gasteiger partial charge >= 0.3 is 0 Å². The van der Waals surface area contributed by atoms with Gasteiger partial charge in [-0.1, -0.05) is 30.3 Å². The fourth-order valence-corrected chi connectivity index (χ4v) is 2.41. The summed E-state index contributed by atoms with van der Waals surface area (Å²) in [5, 5.41) is 13.2. The molecule has 2 N–H and O–H groups in total. The zero-order valence-corrected chi connectivity index (χ0v) is 12.6. The molecule has 0 aliphatic carbocycles. The van der Waals surface area contributed by atoms with Crippen LogP contribution in [0.4, 0.5) is 4.39 Å². The second-order valence-electron chi connectivity index (χ2n) is 5.30. The lowest BCUT2D eigenvalue weighted by molar-refractivity contribution is 0.169. The molecule has 0 aliphatic rings. The van der Waals surface area contributed by atoms with Crippen molar-refractivity contribution < 1.29 is 9.50 Å². The number of rotatable bonds is 6. The number of aromatic nitrogens is 2. The Balaban J connectivity index is 1.54. The van der Waals surface area contributed by atoms with E-state index in [-0.39, 0.29) is 5.82 Å². The van der Waals surface area contributed by atoms with Gasteiger partial charge in [0.05, 0.1) is 12.4 Å². The van der Waals surface area contributed by atoms with Crippen LogP contribution < -0.4 is 5.32 Å². The fraction of sp³-hybridized carbons (Fsp3) is 0.167. The van der Waals surface area contributed by atoms with E-state index in [2.05, 4.69) is 10.3 Å². The SMILES string of the molecule is OC(CNCc1ccc(-n2ccnc2)cc1)c1ccccc1F. The number of aliphatic hydroxyl groups is 1. The van der Waals surface area contributed by atoms with E-state index in [4.69, 9.17) is 0 Å². The van der Waals surface area contributed by atoms with E-state index in [0.717, 1.165) is 11.3 Å². The first-order valence-electron chi connectivity index (χ1n) is 7.44. The molecule has 1 atom stereocenters. The third-order valence-corrected chi connectivity index (χ3v) is 3.67. The Morgan fingerprint density at radius 1 is 1.13 bits per heavy atom. The lowest BCUT2D eigenvalue weighted by atomic mass is 10.1. The van der Waals surface area contributed by atoms with Crippen LogP contribution in [0.15, 0.2) is 67.3 Å². The number of hydrogen-bond donors (Lipinski definition) is 2. The van der Waals surface area contributed by atoms with E-state index >= 15 is 0 Å². The normalized spacial score (nSPS) is 12.3. The number of imidazole rings is 1. The monoisotopic (exact) mass is 311 g/mol. The minimum absolute atomic E-state index is 0.296. The number of hydrogen-bond acceptors (Lipinski definition) is 3. The molecule has 0 radical (unpaired) electrons. The highest BCUT2D eigenvalue weighted by molar-refractivity contribution is 5.34. The van der Waals surface area contributed by atoms with Crippen molar-refractivity contribution in [3.8, 4) is 5.69 Å². The number of nitrogens with zero attached hydrogens (tertiary/aromatic N) is 2. The summed E-state index contributed by atoms with van der Waals surface area (Å²) >= 11 is 0. The van der Waals surface area contributed by atoms with Gasteiger partial charge in [0, 0.05) is 36.7 Å². The Hall–Kier alpha value is -2.50. The van der Waals surface area contributed by atoms with Crippen LogP contribution in [0.5, 0.6) is 0 Å². The van der Waals surface area contributed by atoms with E-state index in [0.29, 0.717) is 18.7 Å². The molecule has 2 aromatic carbocycles. The van der Waals surface area contributed by atoms with Gasteiger partial charge in [0.1, 0.15) is 5.82 Å². The van der Waals surface area contributed by atoms with E-state index in [1.54, 1.807) is 30.7 Å². The van der Waals surface area contributed by atoms with E-state index in [1.807, 2.05) is 35.0 Å². The second-order valence-corrected chi connectivity index (χ2v) is 5.30. The minimum Gasteiger partial charge on any atom is -0.387 e. The maximum Gasteiger partial charge on any atom is 0.129 e. The summed E-state index contributed by atoms with van der Waals surface area (Å²) in [5.41, 5.74) is 2.45. The number of benzene rings is 2. The first-order chi connectivity index (χ1) is 11.2. The van der Waals surface area contributed by atoms with Gasteiger partial charge in [-0.05, 0) is 23.8 Å². The minimum atomic E-state index is -0.860. The molecule has 1 aromatic heterocycles. The molecule has 4 nitrogen and oxygen atoms in total. The molecule has 3 rings (SSSR count). The quantitative estimate of drug-likeness (QED) is 0.736. The molecule has 5 heteroatoms. The predicted octanol–water partition coefficient (Wildman–Crippen LogP) is 2.83. The first kappa shape index (κ1) is 15.4. The molecule has 0 saturated heterocycles. The lowest BCUT2D eigenvalue weighted by Crippen LogP contribution is -2.21. The Kier molecular flexibility index (Phi) is 4.80. The van der Waals surface area contributed by atoms with Crippen molar-refractivity contribution in [2.24, 2.45) is 0 Å². The Morgan fingerprint density at radius 3 is 2.61 bits per heavy atom. The van der Waals surface area contributed by atoms with Crippen LogP contribution in [0.25, 0.3) is 5.69 Å². The van der Waals surface area contributed by atoms with Crippen LogP contribution in [0, 0.1) is 5.82 Å². The molecule has 0 amide bonds. The summed E-state index contributed by atoms with van der Waals surface area (Å²) in [7, 11) is 0. The van der Waals surface area contributed by atoms with Crippen molar-refractivity contribution in [1.29, 1.82) is 0 Å². The molecule has 1 heterocycles. The van der Waals surface area contributed by atoms with Gasteiger partial charge < -0.3 is 15.0 Å². The number of nitrogens with one attached hydrogen (secondary N) is 1. The van der Waals surface area contributed by atoms with Crippen molar-refractivity contribution in [2.45, 2.75) is 12.6 Å². The van der Waals surface area contributed by atoms with Crippen LogP contribution in [0.1, 0.15) is 17.2 Å². The van der Waals surface area contributed by atoms with Crippen molar-refractivity contribution in [1.82, 2.24) is 14.9 Å². The van der Waals surface area contributed by atoms with Crippen molar-refractivity contribution in [3.05, 3.63) is 84.2 Å². The fourth-order valence-electron chi connectivity index (χ4n) is 2.41. The predicted molar refractivity (Wildman–Crippen MR) is 86.6 cm³/mol. The number of aliphatic hydroxyl groups excluding tert-OH is 1. The molecular weight excluding hydrogens is 293 g/mol. The van der Waals surface area contributed by atoms with Gasteiger partial charge in [-0.25, -0.2) is 9.37 Å². The van der Waals surface area contributed by atoms with Crippen molar-refractivity contribution in [2.75, 3.05) is 6.54 Å². The Bertz CT molecular complexity index is 741. The lowest BCUT2D eigenvalue weighted by Gasteiger charge is -2.13. The van der Waals surface area contributed by atoms with Crippen LogP contribution in [-0.4, -0.2) is 21.2 Å². The molecule has 118 valence electrons. The maximum absolute atomic E-state index is 13.6. The molecule has 0 spiro atoms. The Morgan fingerprint density at radius 2 is 1.91 bits per heavy atom. The molecule has 23 heavy (non-hydrogen) atoms. The van der Waals surface area contributed by atoms with Crippen LogP contribution in [-0.2, 0) is 6.54 Å². The Labute approximate surface area is 134 Å². The van der Waals surface area contributed by atoms with Crippen molar-refractivity contribution in [3.63, 3.8) is 0 Å². The molecular formula is C18H18FN3O. The summed E-state index contributed by atoms with van der Waals surface area (Å²) in [5.74, 6) is -0.383. The highest BCUT2D eigenvalue weighted by Crippen LogP contribution is 2.16. The zero-order valence-electron chi connectivity index (χ0n) is 12.6.